The van der Waals surface area contributed by atoms with E-state index in [2.05, 4.69) is 22.0 Å². The van der Waals surface area contributed by atoms with Crippen LogP contribution in [0.4, 0.5) is 0 Å². The van der Waals surface area contributed by atoms with E-state index in [1.54, 1.807) is 24.3 Å². The summed E-state index contributed by atoms with van der Waals surface area (Å²) in [5.41, 5.74) is 0.988. The first-order valence-corrected chi connectivity index (χ1v) is 13.3. The summed E-state index contributed by atoms with van der Waals surface area (Å²) in [4.78, 5) is 15.2. The van der Waals surface area contributed by atoms with Crippen molar-refractivity contribution in [1.82, 2.24) is 10.2 Å². The molecule has 2 aliphatic heterocycles. The van der Waals surface area contributed by atoms with Crippen molar-refractivity contribution in [2.45, 2.75) is 49.5 Å². The van der Waals surface area contributed by atoms with Crippen molar-refractivity contribution in [3.63, 3.8) is 0 Å². The number of piperidine rings is 1. The summed E-state index contributed by atoms with van der Waals surface area (Å²) in [5, 5.41) is 3.10. The molecule has 1 aromatic rings. The molecule has 2 fully saturated rings. The van der Waals surface area contributed by atoms with Crippen LogP contribution >= 0.6 is 11.8 Å². The second kappa shape index (κ2) is 10.1. The number of amides is 1. The Morgan fingerprint density at radius 3 is 2.36 bits per heavy atom. The number of carbonyl (C=O) groups is 1. The van der Waals surface area contributed by atoms with Gasteiger partial charge in [-0.15, -0.1) is 0 Å². The topological polar surface area (TPSA) is 66.5 Å². The highest BCUT2D eigenvalue weighted by Crippen LogP contribution is 2.26. The highest BCUT2D eigenvalue weighted by Gasteiger charge is 2.26. The van der Waals surface area contributed by atoms with Gasteiger partial charge in [0.05, 0.1) is 4.90 Å². The molecule has 156 valence electrons. The van der Waals surface area contributed by atoms with Crippen molar-refractivity contribution < 1.29 is 13.2 Å². The van der Waals surface area contributed by atoms with E-state index >= 15 is 0 Å². The van der Waals surface area contributed by atoms with E-state index in [4.69, 9.17) is 0 Å². The fourth-order valence-electron chi connectivity index (χ4n) is 4.08. The molecule has 0 aromatic heterocycles. The normalized spacial score (nSPS) is 20.2. The summed E-state index contributed by atoms with van der Waals surface area (Å²) >= 11 is 2.08. The van der Waals surface area contributed by atoms with Crippen molar-refractivity contribution in [3.8, 4) is 0 Å². The van der Waals surface area contributed by atoms with Crippen LogP contribution in [-0.4, -0.2) is 62.7 Å². The Balaban J connectivity index is 1.33. The van der Waals surface area contributed by atoms with Crippen LogP contribution in [0.3, 0.4) is 0 Å². The number of hydrogen-bond acceptors (Lipinski definition) is 5. The Morgan fingerprint density at radius 1 is 1.11 bits per heavy atom. The quantitative estimate of drug-likeness (QED) is 0.729. The van der Waals surface area contributed by atoms with Gasteiger partial charge in [-0.25, -0.2) is 8.42 Å². The second-order valence-electron chi connectivity index (χ2n) is 8.04. The number of rotatable bonds is 7. The molecule has 2 heterocycles. The maximum atomic E-state index is 12.2. The predicted molar refractivity (Wildman–Crippen MR) is 116 cm³/mol. The van der Waals surface area contributed by atoms with Gasteiger partial charge in [-0.05, 0) is 80.3 Å². The number of hydrogen-bond donors (Lipinski definition) is 1. The third kappa shape index (κ3) is 6.49. The molecular formula is C21H32N2O3S2. The number of nitrogens with zero attached hydrogens (tertiary/aromatic N) is 1. The lowest BCUT2D eigenvalue weighted by atomic mass is 9.94. The molecule has 0 spiro atoms. The van der Waals surface area contributed by atoms with E-state index in [1.807, 2.05) is 0 Å². The number of carbonyl (C=O) groups excluding carboxylic acids is 1. The van der Waals surface area contributed by atoms with Crippen LogP contribution in [-0.2, 0) is 21.1 Å². The van der Waals surface area contributed by atoms with Crippen LogP contribution in [0.15, 0.2) is 29.2 Å². The minimum Gasteiger partial charge on any atom is -0.356 e. The molecule has 3 rings (SSSR count). The summed E-state index contributed by atoms with van der Waals surface area (Å²) in [6, 6.07) is 7.60. The first-order chi connectivity index (χ1) is 13.4. The molecule has 1 aromatic carbocycles. The third-order valence-electron chi connectivity index (χ3n) is 5.94. The first kappa shape index (κ1) is 21.7. The Bertz CT molecular complexity index is 735. The van der Waals surface area contributed by atoms with E-state index in [1.165, 1.54) is 56.5 Å². The molecule has 5 nitrogen and oxygen atoms in total. The lowest BCUT2D eigenvalue weighted by Crippen LogP contribution is -2.45. The molecule has 1 N–H and O–H groups in total. The number of thioether (sulfide) groups is 1. The van der Waals surface area contributed by atoms with Crippen LogP contribution < -0.4 is 5.32 Å². The second-order valence-corrected chi connectivity index (χ2v) is 11.3. The number of likely N-dealkylation sites (tertiary alicyclic amines) is 1. The van der Waals surface area contributed by atoms with Crippen LogP contribution in [0.2, 0.25) is 0 Å². The average Bonchev–Trinajstić information content (AvgIpc) is 2.71. The predicted octanol–water partition coefficient (Wildman–Crippen LogP) is 2.75. The third-order valence-corrected chi connectivity index (χ3v) is 8.11. The SMILES string of the molecule is CS(=O)(=O)c1ccc(CCC(=O)NCC2CCN(C3CCSCC3)CC2)cc1. The van der Waals surface area contributed by atoms with E-state index < -0.39 is 9.84 Å². The molecule has 1 amide bonds. The molecule has 0 aliphatic carbocycles. The molecule has 0 bridgehead atoms. The summed E-state index contributed by atoms with van der Waals surface area (Å²) in [5.74, 6) is 3.28. The highest BCUT2D eigenvalue weighted by molar-refractivity contribution is 7.99. The number of sulfone groups is 1. The largest absolute Gasteiger partial charge is 0.356 e. The molecule has 0 atom stereocenters. The zero-order valence-electron chi connectivity index (χ0n) is 16.7. The van der Waals surface area contributed by atoms with E-state index in [0.29, 0.717) is 23.7 Å². The fraction of sp³-hybridized carbons (Fsp3) is 0.667. The maximum absolute atomic E-state index is 12.2. The number of aryl methyl sites for hydroxylation is 1. The summed E-state index contributed by atoms with van der Waals surface area (Å²) in [6.45, 7) is 3.12. The van der Waals surface area contributed by atoms with Gasteiger partial charge < -0.3 is 10.2 Å². The monoisotopic (exact) mass is 424 g/mol. The van der Waals surface area contributed by atoms with Gasteiger partial charge >= 0.3 is 0 Å². The molecular weight excluding hydrogens is 392 g/mol. The van der Waals surface area contributed by atoms with Crippen molar-refractivity contribution in [3.05, 3.63) is 29.8 Å². The summed E-state index contributed by atoms with van der Waals surface area (Å²) in [7, 11) is -3.17. The molecule has 7 heteroatoms. The first-order valence-electron chi connectivity index (χ1n) is 10.3. The molecule has 28 heavy (non-hydrogen) atoms. The maximum Gasteiger partial charge on any atom is 0.220 e. The zero-order chi connectivity index (χ0) is 20.0. The van der Waals surface area contributed by atoms with Gasteiger partial charge in [0.1, 0.15) is 0 Å². The number of benzene rings is 1. The standard InChI is InChI=1S/C21H32N2O3S2/c1-28(25,26)20-5-2-17(3-6-20)4-7-21(24)22-16-18-8-12-23(13-9-18)19-10-14-27-15-11-19/h2-3,5-6,18-19H,4,7-16H2,1H3,(H,22,24). The van der Waals surface area contributed by atoms with Gasteiger partial charge in [-0.3, -0.25) is 4.79 Å². The van der Waals surface area contributed by atoms with Crippen molar-refractivity contribution in [2.24, 2.45) is 5.92 Å². The van der Waals surface area contributed by atoms with Gasteiger partial charge in [0.25, 0.3) is 0 Å². The van der Waals surface area contributed by atoms with Crippen LogP contribution in [0, 0.1) is 5.92 Å². The smallest absolute Gasteiger partial charge is 0.220 e. The molecule has 2 saturated heterocycles. The van der Waals surface area contributed by atoms with Gasteiger partial charge in [0.15, 0.2) is 9.84 Å². The molecule has 0 saturated carbocycles. The Kier molecular flexibility index (Phi) is 7.83. The van der Waals surface area contributed by atoms with Gasteiger partial charge in [-0.1, -0.05) is 12.1 Å². The van der Waals surface area contributed by atoms with Crippen molar-refractivity contribution in [2.75, 3.05) is 37.4 Å². The van der Waals surface area contributed by atoms with Crippen LogP contribution in [0.25, 0.3) is 0 Å². The van der Waals surface area contributed by atoms with Crippen molar-refractivity contribution >= 4 is 27.5 Å². The Labute approximate surface area is 173 Å². The number of nitrogens with one attached hydrogen (secondary N) is 1. The van der Waals surface area contributed by atoms with Crippen LogP contribution in [0.5, 0.6) is 0 Å². The molecule has 2 aliphatic rings. The van der Waals surface area contributed by atoms with Gasteiger partial charge in [0.2, 0.25) is 5.91 Å². The summed E-state index contributed by atoms with van der Waals surface area (Å²) in [6.07, 6.45) is 7.29. The minimum atomic E-state index is -3.17. The Hall–Kier alpha value is -1.05. The minimum absolute atomic E-state index is 0.0823. The van der Waals surface area contributed by atoms with E-state index in [-0.39, 0.29) is 5.91 Å². The zero-order valence-corrected chi connectivity index (χ0v) is 18.4. The van der Waals surface area contributed by atoms with Crippen LogP contribution in [0.1, 0.15) is 37.7 Å². The fourth-order valence-corrected chi connectivity index (χ4v) is 5.79. The molecule has 0 unspecified atom stereocenters. The highest BCUT2D eigenvalue weighted by atomic mass is 32.2. The summed E-state index contributed by atoms with van der Waals surface area (Å²) < 4.78 is 23.0. The lowest BCUT2D eigenvalue weighted by molar-refractivity contribution is -0.121. The van der Waals surface area contributed by atoms with E-state index in [0.717, 1.165) is 18.2 Å². The van der Waals surface area contributed by atoms with E-state index in [9.17, 15) is 13.2 Å². The Morgan fingerprint density at radius 2 is 1.75 bits per heavy atom. The average molecular weight is 425 g/mol. The van der Waals surface area contributed by atoms with Crippen molar-refractivity contribution in [1.29, 1.82) is 0 Å². The lowest BCUT2D eigenvalue weighted by Gasteiger charge is -2.39. The molecule has 0 radical (unpaired) electrons. The van der Waals surface area contributed by atoms with Gasteiger partial charge in [-0.2, -0.15) is 11.8 Å². The van der Waals surface area contributed by atoms with Gasteiger partial charge in [0, 0.05) is 25.3 Å².